The third-order valence-corrected chi connectivity index (χ3v) is 2.56. The fraction of sp³-hybridized carbons (Fsp3) is 0.909. The van der Waals surface area contributed by atoms with E-state index in [-0.39, 0.29) is 18.1 Å². The van der Waals surface area contributed by atoms with Crippen LogP contribution >= 0.6 is 0 Å². The number of nitrogens with one attached hydrogen (secondary N) is 1. The van der Waals surface area contributed by atoms with Crippen LogP contribution in [0.3, 0.4) is 0 Å². The molecular formula is C11H21NO3. The van der Waals surface area contributed by atoms with E-state index in [0.29, 0.717) is 13.0 Å². The quantitative estimate of drug-likeness (QED) is 0.645. The highest BCUT2D eigenvalue weighted by Gasteiger charge is 2.18. The van der Waals surface area contributed by atoms with E-state index in [0.717, 1.165) is 32.3 Å². The van der Waals surface area contributed by atoms with Gasteiger partial charge in [-0.15, -0.1) is 0 Å². The molecule has 4 nitrogen and oxygen atoms in total. The summed E-state index contributed by atoms with van der Waals surface area (Å²) in [6, 6.07) is 0. The highest BCUT2D eigenvalue weighted by atomic mass is 16.5. The molecule has 1 rings (SSSR count). The van der Waals surface area contributed by atoms with Crippen molar-refractivity contribution >= 4 is 5.91 Å². The average Bonchev–Trinajstić information content (AvgIpc) is 2.64. The van der Waals surface area contributed by atoms with Crippen molar-refractivity contribution in [3.05, 3.63) is 0 Å². The van der Waals surface area contributed by atoms with Crippen molar-refractivity contribution in [1.82, 2.24) is 5.32 Å². The Morgan fingerprint density at radius 2 is 2.47 bits per heavy atom. The molecular weight excluding hydrogens is 194 g/mol. The van der Waals surface area contributed by atoms with Gasteiger partial charge in [-0.05, 0) is 32.6 Å². The highest BCUT2D eigenvalue weighted by Crippen LogP contribution is 2.14. The number of carbonyl (C=O) groups is 1. The Hall–Kier alpha value is -0.610. The maximum atomic E-state index is 11.4. The van der Waals surface area contributed by atoms with E-state index in [1.54, 1.807) is 6.92 Å². The first-order valence-corrected chi connectivity index (χ1v) is 5.75. The van der Waals surface area contributed by atoms with Gasteiger partial charge in [-0.1, -0.05) is 0 Å². The molecule has 88 valence electrons. The lowest BCUT2D eigenvalue weighted by molar-refractivity contribution is -0.123. The molecule has 0 bridgehead atoms. The summed E-state index contributed by atoms with van der Waals surface area (Å²) in [5.41, 5.74) is 0. The molecule has 0 aliphatic carbocycles. The number of amides is 1. The lowest BCUT2D eigenvalue weighted by Gasteiger charge is -2.10. The number of rotatable bonds is 6. The van der Waals surface area contributed by atoms with Gasteiger partial charge in [-0.2, -0.15) is 0 Å². The molecule has 1 fully saturated rings. The van der Waals surface area contributed by atoms with Gasteiger partial charge in [0.15, 0.2) is 0 Å². The van der Waals surface area contributed by atoms with Crippen LogP contribution in [0, 0.1) is 0 Å². The Kier molecular flexibility index (Phi) is 5.65. The van der Waals surface area contributed by atoms with Gasteiger partial charge in [0.2, 0.25) is 5.91 Å². The highest BCUT2D eigenvalue weighted by molar-refractivity contribution is 5.76. The summed E-state index contributed by atoms with van der Waals surface area (Å²) in [6.07, 6.45) is 3.96. The van der Waals surface area contributed by atoms with E-state index in [9.17, 15) is 4.79 Å². The van der Waals surface area contributed by atoms with E-state index in [1.807, 2.05) is 0 Å². The number of ether oxygens (including phenoxy) is 1. The van der Waals surface area contributed by atoms with Crippen LogP contribution in [-0.4, -0.2) is 36.4 Å². The molecule has 2 N–H and O–H groups in total. The molecule has 1 aliphatic heterocycles. The molecule has 0 spiro atoms. The molecule has 0 aromatic carbocycles. The standard InChI is InChI=1S/C11H21NO3/c1-9(13)4-2-6-12-11(14)8-10-5-3-7-15-10/h9-10,13H,2-8H2,1H3,(H,12,14). The SMILES string of the molecule is CC(O)CCCNC(=O)CC1CCCO1. The van der Waals surface area contributed by atoms with Crippen molar-refractivity contribution in [2.24, 2.45) is 0 Å². The van der Waals surface area contributed by atoms with E-state index in [2.05, 4.69) is 5.32 Å². The average molecular weight is 215 g/mol. The Balaban J connectivity index is 1.98. The second-order valence-electron chi connectivity index (χ2n) is 4.18. The zero-order valence-corrected chi connectivity index (χ0v) is 9.37. The molecule has 4 heteroatoms. The van der Waals surface area contributed by atoms with Gasteiger partial charge in [-0.3, -0.25) is 4.79 Å². The predicted molar refractivity (Wildman–Crippen MR) is 57.5 cm³/mol. The van der Waals surface area contributed by atoms with Gasteiger partial charge < -0.3 is 15.2 Å². The van der Waals surface area contributed by atoms with Crippen LogP contribution in [0.15, 0.2) is 0 Å². The number of aliphatic hydroxyl groups excluding tert-OH is 1. The minimum atomic E-state index is -0.278. The smallest absolute Gasteiger partial charge is 0.222 e. The van der Waals surface area contributed by atoms with Crippen molar-refractivity contribution < 1.29 is 14.6 Å². The van der Waals surface area contributed by atoms with E-state index in [1.165, 1.54) is 0 Å². The topological polar surface area (TPSA) is 58.6 Å². The van der Waals surface area contributed by atoms with Crippen molar-refractivity contribution in [2.45, 2.75) is 51.2 Å². The number of aliphatic hydroxyl groups is 1. The number of hydrogen-bond donors (Lipinski definition) is 2. The number of carbonyl (C=O) groups excluding carboxylic acids is 1. The van der Waals surface area contributed by atoms with E-state index in [4.69, 9.17) is 9.84 Å². The summed E-state index contributed by atoms with van der Waals surface area (Å²) in [5.74, 6) is 0.0625. The lowest BCUT2D eigenvalue weighted by Crippen LogP contribution is -2.28. The summed E-state index contributed by atoms with van der Waals surface area (Å²) in [6.45, 7) is 3.20. The molecule has 0 aromatic heterocycles. The lowest BCUT2D eigenvalue weighted by atomic mass is 10.1. The molecule has 15 heavy (non-hydrogen) atoms. The minimum Gasteiger partial charge on any atom is -0.393 e. The number of hydrogen-bond acceptors (Lipinski definition) is 3. The zero-order valence-electron chi connectivity index (χ0n) is 9.37. The Morgan fingerprint density at radius 3 is 3.07 bits per heavy atom. The fourth-order valence-electron chi connectivity index (χ4n) is 1.71. The van der Waals surface area contributed by atoms with Gasteiger partial charge in [0.1, 0.15) is 0 Å². The van der Waals surface area contributed by atoms with Crippen LogP contribution in [0.4, 0.5) is 0 Å². The molecule has 2 unspecified atom stereocenters. The maximum Gasteiger partial charge on any atom is 0.222 e. The second-order valence-corrected chi connectivity index (χ2v) is 4.18. The van der Waals surface area contributed by atoms with Crippen molar-refractivity contribution in [1.29, 1.82) is 0 Å². The van der Waals surface area contributed by atoms with Gasteiger partial charge in [0.05, 0.1) is 18.6 Å². The van der Waals surface area contributed by atoms with Crippen molar-refractivity contribution in [3.63, 3.8) is 0 Å². The zero-order chi connectivity index (χ0) is 11.1. The fourth-order valence-corrected chi connectivity index (χ4v) is 1.71. The van der Waals surface area contributed by atoms with Crippen LogP contribution < -0.4 is 5.32 Å². The molecule has 1 amide bonds. The summed E-state index contributed by atoms with van der Waals surface area (Å²) in [5, 5.41) is 11.8. The third-order valence-electron chi connectivity index (χ3n) is 2.56. The Morgan fingerprint density at radius 1 is 1.67 bits per heavy atom. The molecule has 1 heterocycles. The van der Waals surface area contributed by atoms with Crippen LogP contribution in [-0.2, 0) is 9.53 Å². The monoisotopic (exact) mass is 215 g/mol. The first kappa shape index (κ1) is 12.5. The Labute approximate surface area is 91.0 Å². The summed E-state index contributed by atoms with van der Waals surface area (Å²) in [4.78, 5) is 11.4. The summed E-state index contributed by atoms with van der Waals surface area (Å²) < 4.78 is 5.37. The first-order valence-electron chi connectivity index (χ1n) is 5.75. The van der Waals surface area contributed by atoms with Crippen LogP contribution in [0.25, 0.3) is 0 Å². The van der Waals surface area contributed by atoms with Crippen molar-refractivity contribution in [3.8, 4) is 0 Å². The molecule has 0 radical (unpaired) electrons. The molecule has 1 aliphatic rings. The van der Waals surface area contributed by atoms with Crippen molar-refractivity contribution in [2.75, 3.05) is 13.2 Å². The van der Waals surface area contributed by atoms with Gasteiger partial charge in [-0.25, -0.2) is 0 Å². The third kappa shape index (κ3) is 5.74. The van der Waals surface area contributed by atoms with E-state index < -0.39 is 0 Å². The van der Waals surface area contributed by atoms with Crippen LogP contribution in [0.1, 0.15) is 39.0 Å². The van der Waals surface area contributed by atoms with Gasteiger partial charge >= 0.3 is 0 Å². The van der Waals surface area contributed by atoms with Gasteiger partial charge in [0, 0.05) is 13.2 Å². The maximum absolute atomic E-state index is 11.4. The molecule has 2 atom stereocenters. The van der Waals surface area contributed by atoms with Crippen LogP contribution in [0.5, 0.6) is 0 Å². The summed E-state index contributed by atoms with van der Waals surface area (Å²) in [7, 11) is 0. The first-order chi connectivity index (χ1) is 7.18. The molecule has 0 saturated carbocycles. The largest absolute Gasteiger partial charge is 0.393 e. The summed E-state index contributed by atoms with van der Waals surface area (Å²) >= 11 is 0. The van der Waals surface area contributed by atoms with Gasteiger partial charge in [0.25, 0.3) is 0 Å². The Bertz CT molecular complexity index is 188. The molecule has 1 saturated heterocycles. The predicted octanol–water partition coefficient (Wildman–Crippen LogP) is 0.833. The normalized spacial score (nSPS) is 22.7. The van der Waals surface area contributed by atoms with E-state index >= 15 is 0 Å². The second kappa shape index (κ2) is 6.80. The van der Waals surface area contributed by atoms with Crippen LogP contribution in [0.2, 0.25) is 0 Å². The minimum absolute atomic E-state index is 0.0625. The molecule has 0 aromatic rings.